The van der Waals surface area contributed by atoms with Gasteiger partial charge in [-0.15, -0.1) is 0 Å². The minimum absolute atomic E-state index is 0.126. The number of carbonyl (C=O) groups is 1. The van der Waals surface area contributed by atoms with Crippen LogP contribution in [0.15, 0.2) is 104 Å². The molecule has 0 radical (unpaired) electrons. The van der Waals surface area contributed by atoms with Gasteiger partial charge < -0.3 is 5.32 Å². The highest BCUT2D eigenvalue weighted by Gasteiger charge is 2.30. The predicted molar refractivity (Wildman–Crippen MR) is 130 cm³/mol. The number of aromatic nitrogens is 4. The molecule has 5 aromatic rings. The van der Waals surface area contributed by atoms with E-state index in [1.165, 1.54) is 16.9 Å². The lowest BCUT2D eigenvalue weighted by Crippen LogP contribution is -2.12. The van der Waals surface area contributed by atoms with Gasteiger partial charge in [0.25, 0.3) is 5.91 Å². The van der Waals surface area contributed by atoms with Crippen LogP contribution in [0.25, 0.3) is 16.9 Å². The molecule has 0 unspecified atom stereocenters. The second-order valence-electron chi connectivity index (χ2n) is 8.12. The molecule has 0 atom stereocenters. The average Bonchev–Trinajstić information content (AvgIpc) is 3.52. The third-order valence-electron chi connectivity index (χ3n) is 5.52. The van der Waals surface area contributed by atoms with Crippen LogP contribution in [0.4, 0.5) is 18.9 Å². The SMILES string of the molecule is O=C(Nc1cnn(Cc2cccc(C(F)(F)F)c2)c1)c1cn(-c2ccccc2)nc1-c1ccccc1. The number of nitrogens with zero attached hydrogens (tertiary/aromatic N) is 4. The minimum Gasteiger partial charge on any atom is -0.319 e. The molecule has 2 heterocycles. The van der Waals surface area contributed by atoms with E-state index in [2.05, 4.69) is 15.5 Å². The van der Waals surface area contributed by atoms with Gasteiger partial charge in [0, 0.05) is 18.0 Å². The van der Waals surface area contributed by atoms with E-state index in [1.807, 2.05) is 60.7 Å². The number of nitrogens with one attached hydrogen (secondary N) is 1. The van der Waals surface area contributed by atoms with Gasteiger partial charge >= 0.3 is 6.18 Å². The van der Waals surface area contributed by atoms with Crippen LogP contribution in [0.2, 0.25) is 0 Å². The smallest absolute Gasteiger partial charge is 0.319 e. The molecule has 180 valence electrons. The van der Waals surface area contributed by atoms with Gasteiger partial charge in [0.2, 0.25) is 0 Å². The van der Waals surface area contributed by atoms with Crippen LogP contribution in [0, 0.1) is 0 Å². The van der Waals surface area contributed by atoms with Crippen molar-refractivity contribution in [3.63, 3.8) is 0 Å². The first-order valence-electron chi connectivity index (χ1n) is 11.1. The Balaban J connectivity index is 1.38. The Hall–Kier alpha value is -4.66. The third kappa shape index (κ3) is 5.05. The first-order chi connectivity index (χ1) is 17.4. The van der Waals surface area contributed by atoms with E-state index in [1.54, 1.807) is 23.1 Å². The molecule has 2 aromatic heterocycles. The molecule has 6 nitrogen and oxygen atoms in total. The highest BCUT2D eigenvalue weighted by atomic mass is 19.4. The van der Waals surface area contributed by atoms with Crippen molar-refractivity contribution in [3.05, 3.63) is 120 Å². The lowest BCUT2D eigenvalue weighted by atomic mass is 10.1. The van der Waals surface area contributed by atoms with Crippen LogP contribution in [-0.4, -0.2) is 25.5 Å². The van der Waals surface area contributed by atoms with Crippen molar-refractivity contribution < 1.29 is 18.0 Å². The zero-order valence-electron chi connectivity index (χ0n) is 18.9. The van der Waals surface area contributed by atoms with Gasteiger partial charge in [-0.3, -0.25) is 9.48 Å². The van der Waals surface area contributed by atoms with E-state index in [0.717, 1.165) is 23.4 Å². The summed E-state index contributed by atoms with van der Waals surface area (Å²) >= 11 is 0. The second-order valence-corrected chi connectivity index (χ2v) is 8.12. The summed E-state index contributed by atoms with van der Waals surface area (Å²) in [6, 6.07) is 23.9. The molecule has 9 heteroatoms. The summed E-state index contributed by atoms with van der Waals surface area (Å²) < 4.78 is 42.1. The summed E-state index contributed by atoms with van der Waals surface area (Å²) in [5.74, 6) is -0.380. The Morgan fingerprint density at radius 3 is 2.33 bits per heavy atom. The van der Waals surface area contributed by atoms with E-state index in [0.29, 0.717) is 22.5 Å². The van der Waals surface area contributed by atoms with Crippen LogP contribution in [0.5, 0.6) is 0 Å². The van der Waals surface area contributed by atoms with Gasteiger partial charge in [0.05, 0.1) is 35.2 Å². The van der Waals surface area contributed by atoms with E-state index in [-0.39, 0.29) is 12.5 Å². The van der Waals surface area contributed by atoms with E-state index < -0.39 is 11.7 Å². The predicted octanol–water partition coefficient (Wildman–Crippen LogP) is 6.06. The highest BCUT2D eigenvalue weighted by molar-refractivity contribution is 6.08. The molecular weight excluding hydrogens is 467 g/mol. The Kier molecular flexibility index (Phi) is 6.12. The number of anilines is 1. The number of rotatable bonds is 6. The number of hydrogen-bond donors (Lipinski definition) is 1. The Bertz CT molecular complexity index is 1490. The molecule has 1 amide bonds. The Morgan fingerprint density at radius 2 is 1.61 bits per heavy atom. The first kappa shape index (κ1) is 23.1. The normalized spacial score (nSPS) is 11.4. The molecule has 1 N–H and O–H groups in total. The van der Waals surface area contributed by atoms with Gasteiger partial charge in [-0.25, -0.2) is 4.68 Å². The van der Waals surface area contributed by atoms with Crippen molar-refractivity contribution in [1.29, 1.82) is 0 Å². The van der Waals surface area contributed by atoms with Gasteiger partial charge in [-0.2, -0.15) is 23.4 Å². The molecule has 0 saturated heterocycles. The van der Waals surface area contributed by atoms with Crippen LogP contribution < -0.4 is 5.32 Å². The summed E-state index contributed by atoms with van der Waals surface area (Å²) in [6.45, 7) is 0.126. The van der Waals surface area contributed by atoms with Gasteiger partial charge in [-0.1, -0.05) is 60.7 Å². The molecule has 36 heavy (non-hydrogen) atoms. The standard InChI is InChI=1S/C27H20F3N5O/c28-27(29,30)21-11-7-8-19(14-21)16-34-17-22(15-31-34)32-26(36)24-18-35(23-12-5-2-6-13-23)33-25(24)20-9-3-1-4-10-20/h1-15,17-18H,16H2,(H,32,36). The number of amides is 1. The maximum Gasteiger partial charge on any atom is 0.416 e. The maximum atomic E-state index is 13.2. The van der Waals surface area contributed by atoms with Crippen LogP contribution in [0.3, 0.4) is 0 Å². The van der Waals surface area contributed by atoms with Crippen molar-refractivity contribution in [2.24, 2.45) is 0 Å². The summed E-state index contributed by atoms with van der Waals surface area (Å²) in [4.78, 5) is 13.2. The molecule has 0 bridgehead atoms. The van der Waals surface area contributed by atoms with Crippen molar-refractivity contribution in [2.75, 3.05) is 5.32 Å². The molecule has 0 aliphatic heterocycles. The van der Waals surface area contributed by atoms with Crippen LogP contribution in [0.1, 0.15) is 21.5 Å². The lowest BCUT2D eigenvalue weighted by Gasteiger charge is -2.08. The lowest BCUT2D eigenvalue weighted by molar-refractivity contribution is -0.137. The minimum atomic E-state index is -4.42. The van der Waals surface area contributed by atoms with Gasteiger partial charge in [0.15, 0.2) is 0 Å². The third-order valence-corrected chi connectivity index (χ3v) is 5.52. The monoisotopic (exact) mass is 487 g/mol. The number of benzene rings is 3. The zero-order chi connectivity index (χ0) is 25.1. The molecule has 0 aliphatic rings. The first-order valence-corrected chi connectivity index (χ1v) is 11.1. The average molecular weight is 487 g/mol. The molecule has 0 aliphatic carbocycles. The molecule has 0 spiro atoms. The van der Waals surface area contributed by atoms with E-state index >= 15 is 0 Å². The molecule has 3 aromatic carbocycles. The van der Waals surface area contributed by atoms with Crippen molar-refractivity contribution in [2.45, 2.75) is 12.7 Å². The highest BCUT2D eigenvalue weighted by Crippen LogP contribution is 2.30. The Labute approximate surface area is 204 Å². The summed E-state index contributed by atoms with van der Waals surface area (Å²) in [6.07, 6.45) is 0.275. The van der Waals surface area contributed by atoms with Crippen molar-refractivity contribution >= 4 is 11.6 Å². The quantitative estimate of drug-likeness (QED) is 0.317. The number of alkyl halides is 3. The Morgan fingerprint density at radius 1 is 0.889 bits per heavy atom. The number of halogens is 3. The largest absolute Gasteiger partial charge is 0.416 e. The number of carbonyl (C=O) groups excluding carboxylic acids is 1. The molecule has 0 fully saturated rings. The summed E-state index contributed by atoms with van der Waals surface area (Å²) in [5.41, 5.74) is 2.63. The molecule has 5 rings (SSSR count). The van der Waals surface area contributed by atoms with Gasteiger partial charge in [-0.05, 0) is 29.8 Å². The molecular formula is C27H20F3N5O. The fourth-order valence-corrected chi connectivity index (χ4v) is 3.81. The topological polar surface area (TPSA) is 64.7 Å². The van der Waals surface area contributed by atoms with Crippen molar-refractivity contribution in [3.8, 4) is 16.9 Å². The summed E-state index contributed by atoms with van der Waals surface area (Å²) in [5, 5.41) is 11.6. The summed E-state index contributed by atoms with van der Waals surface area (Å²) in [7, 11) is 0. The second kappa shape index (κ2) is 9.53. The van der Waals surface area contributed by atoms with E-state index in [4.69, 9.17) is 0 Å². The number of para-hydroxylation sites is 1. The fourth-order valence-electron chi connectivity index (χ4n) is 3.81. The fraction of sp³-hybridized carbons (Fsp3) is 0.0741. The van der Waals surface area contributed by atoms with E-state index in [9.17, 15) is 18.0 Å². The van der Waals surface area contributed by atoms with Crippen LogP contribution in [-0.2, 0) is 12.7 Å². The van der Waals surface area contributed by atoms with Gasteiger partial charge in [0.1, 0.15) is 5.69 Å². The zero-order valence-corrected chi connectivity index (χ0v) is 18.9. The van der Waals surface area contributed by atoms with Crippen LogP contribution >= 0.6 is 0 Å². The van der Waals surface area contributed by atoms with Crippen molar-refractivity contribution in [1.82, 2.24) is 19.6 Å². The molecule has 0 saturated carbocycles. The number of hydrogen-bond acceptors (Lipinski definition) is 3. The maximum absolute atomic E-state index is 13.2.